The maximum Gasteiger partial charge on any atom is 0.303 e. The number of aryl methyl sites for hydroxylation is 1. The number of thiophene rings is 1. The van der Waals surface area contributed by atoms with Crippen molar-refractivity contribution in [3.05, 3.63) is 10.3 Å². The van der Waals surface area contributed by atoms with E-state index in [1.54, 1.807) is 0 Å². The quantitative estimate of drug-likeness (QED) is 0.726. The molecule has 1 aromatic heterocycles. The fourth-order valence-electron chi connectivity index (χ4n) is 1.18. The molecule has 7 heteroatoms. The Hall–Kier alpha value is -0.650. The Morgan fingerprint density at radius 1 is 1.31 bits per heavy atom. The lowest BCUT2D eigenvalue weighted by Crippen LogP contribution is -1.96. The van der Waals surface area contributed by atoms with E-state index in [1.165, 1.54) is 11.3 Å². The second kappa shape index (κ2) is 8.50. The van der Waals surface area contributed by atoms with Crippen molar-refractivity contribution in [1.29, 1.82) is 0 Å². The lowest BCUT2D eigenvalue weighted by molar-refractivity contribution is -0.137. The molecule has 5 N–H and O–H groups in total. The van der Waals surface area contributed by atoms with Gasteiger partial charge in [0.05, 0.1) is 11.4 Å². The lowest BCUT2D eigenvalue weighted by Gasteiger charge is -1.99. The Morgan fingerprint density at radius 3 is 2.38 bits per heavy atom. The molecule has 0 radical (unpaired) electrons. The minimum Gasteiger partial charge on any atom is -0.481 e. The number of hydrogen-bond donors (Lipinski definition) is 3. The Bertz CT molecular complexity index is 331. The molecule has 94 valence electrons. The number of carboxylic acids is 1. The number of anilines is 2. The van der Waals surface area contributed by atoms with E-state index in [4.69, 9.17) is 16.6 Å². The number of nitrogens with two attached hydrogens (primary N) is 2. The molecule has 0 bridgehead atoms. The van der Waals surface area contributed by atoms with Gasteiger partial charge in [0, 0.05) is 16.7 Å². The number of unbranched alkanes of at least 4 members (excludes halogenated alkanes) is 1. The summed E-state index contributed by atoms with van der Waals surface area (Å²) in [5.74, 6) is -0.747. The van der Waals surface area contributed by atoms with E-state index in [-0.39, 0.29) is 31.2 Å². The molecule has 0 spiro atoms. The first-order chi connectivity index (χ1) is 6.61. The number of halogens is 2. The number of nitrogen functional groups attached to an aromatic ring is 2. The topological polar surface area (TPSA) is 89.3 Å². The predicted octanol–water partition coefficient (Wildman–Crippen LogP) is 2.55. The molecule has 0 saturated carbocycles. The van der Waals surface area contributed by atoms with Gasteiger partial charge >= 0.3 is 5.97 Å². The first-order valence-electron chi connectivity index (χ1n) is 4.44. The van der Waals surface area contributed by atoms with E-state index < -0.39 is 5.97 Å². The van der Waals surface area contributed by atoms with E-state index in [2.05, 4.69) is 0 Å². The van der Waals surface area contributed by atoms with Crippen LogP contribution in [0, 0.1) is 0 Å². The van der Waals surface area contributed by atoms with Crippen LogP contribution in [0.15, 0.2) is 5.38 Å². The van der Waals surface area contributed by atoms with Gasteiger partial charge in [0.25, 0.3) is 0 Å². The highest BCUT2D eigenvalue weighted by Crippen LogP contribution is 2.28. The fourth-order valence-corrected chi connectivity index (χ4v) is 2.08. The van der Waals surface area contributed by atoms with Crippen LogP contribution >= 0.6 is 36.2 Å². The zero-order valence-electron chi connectivity index (χ0n) is 8.64. The molecule has 0 aromatic carbocycles. The summed E-state index contributed by atoms with van der Waals surface area (Å²) in [5.41, 5.74) is 12.6. The van der Waals surface area contributed by atoms with Gasteiger partial charge in [0.2, 0.25) is 0 Å². The van der Waals surface area contributed by atoms with Crippen molar-refractivity contribution in [3.8, 4) is 0 Å². The standard InChI is InChI=1S/C9H14N2O2S.2ClH/c10-6-5-14-7(9(6)11)3-1-2-4-8(12)13;;/h5H,1-4,10-11H2,(H,12,13);2*1H. The molecule has 0 saturated heterocycles. The van der Waals surface area contributed by atoms with Crippen molar-refractivity contribution in [2.24, 2.45) is 0 Å². The van der Waals surface area contributed by atoms with E-state index in [0.29, 0.717) is 17.8 Å². The summed E-state index contributed by atoms with van der Waals surface area (Å²) in [6.07, 6.45) is 2.57. The third kappa shape index (κ3) is 5.44. The number of carboxylic acid groups (broad SMARTS) is 1. The predicted molar refractivity (Wildman–Crippen MR) is 72.8 cm³/mol. The maximum absolute atomic E-state index is 10.2. The van der Waals surface area contributed by atoms with Gasteiger partial charge in [-0.3, -0.25) is 4.79 Å². The summed E-state index contributed by atoms with van der Waals surface area (Å²) < 4.78 is 0. The van der Waals surface area contributed by atoms with Gasteiger partial charge in [-0.05, 0) is 19.3 Å². The molecular formula is C9H16Cl2N2O2S. The van der Waals surface area contributed by atoms with Gasteiger partial charge in [-0.1, -0.05) is 0 Å². The zero-order valence-corrected chi connectivity index (χ0v) is 11.1. The second-order valence-corrected chi connectivity index (χ2v) is 4.09. The van der Waals surface area contributed by atoms with Gasteiger partial charge < -0.3 is 16.6 Å². The average molecular weight is 287 g/mol. The SMILES string of the molecule is Cl.Cl.Nc1csc(CCCCC(=O)O)c1N. The minimum absolute atomic E-state index is 0. The van der Waals surface area contributed by atoms with E-state index >= 15 is 0 Å². The van der Waals surface area contributed by atoms with Gasteiger partial charge in [0.1, 0.15) is 0 Å². The van der Waals surface area contributed by atoms with Gasteiger partial charge in [0.15, 0.2) is 0 Å². The molecule has 16 heavy (non-hydrogen) atoms. The molecule has 0 fully saturated rings. The highest BCUT2D eigenvalue weighted by atomic mass is 35.5. The molecule has 0 aliphatic carbocycles. The van der Waals surface area contributed by atoms with Crippen LogP contribution in [0.2, 0.25) is 0 Å². The van der Waals surface area contributed by atoms with E-state index in [0.717, 1.165) is 17.7 Å². The van der Waals surface area contributed by atoms with Crippen molar-refractivity contribution in [1.82, 2.24) is 0 Å². The van der Waals surface area contributed by atoms with Crippen LogP contribution in [0.25, 0.3) is 0 Å². The van der Waals surface area contributed by atoms with Crippen LogP contribution in [-0.2, 0) is 11.2 Å². The Labute approximate surface area is 111 Å². The number of aliphatic carboxylic acids is 1. The molecular weight excluding hydrogens is 271 g/mol. The highest BCUT2D eigenvalue weighted by Gasteiger charge is 2.05. The van der Waals surface area contributed by atoms with Crippen molar-refractivity contribution in [3.63, 3.8) is 0 Å². The van der Waals surface area contributed by atoms with Crippen LogP contribution in [0.5, 0.6) is 0 Å². The normalized spacial score (nSPS) is 9.00. The van der Waals surface area contributed by atoms with Crippen LogP contribution in [0.4, 0.5) is 11.4 Å². The fraction of sp³-hybridized carbons (Fsp3) is 0.444. The summed E-state index contributed by atoms with van der Waals surface area (Å²) >= 11 is 1.54. The minimum atomic E-state index is -0.747. The van der Waals surface area contributed by atoms with Crippen molar-refractivity contribution in [2.75, 3.05) is 11.5 Å². The van der Waals surface area contributed by atoms with Crippen molar-refractivity contribution < 1.29 is 9.90 Å². The second-order valence-electron chi connectivity index (χ2n) is 3.13. The first kappa shape index (κ1) is 17.7. The van der Waals surface area contributed by atoms with Crippen LogP contribution in [0.3, 0.4) is 0 Å². The number of carbonyl (C=O) groups is 1. The first-order valence-corrected chi connectivity index (χ1v) is 5.32. The molecule has 0 atom stereocenters. The molecule has 4 nitrogen and oxygen atoms in total. The monoisotopic (exact) mass is 286 g/mol. The largest absolute Gasteiger partial charge is 0.481 e. The van der Waals surface area contributed by atoms with Crippen LogP contribution in [-0.4, -0.2) is 11.1 Å². The number of rotatable bonds is 5. The third-order valence-corrected chi connectivity index (χ3v) is 3.06. The summed E-state index contributed by atoms with van der Waals surface area (Å²) in [4.78, 5) is 11.3. The third-order valence-electron chi connectivity index (χ3n) is 1.98. The molecule has 0 aliphatic rings. The summed E-state index contributed by atoms with van der Waals surface area (Å²) in [6, 6.07) is 0. The van der Waals surface area contributed by atoms with Gasteiger partial charge in [-0.25, -0.2) is 0 Å². The highest BCUT2D eigenvalue weighted by molar-refractivity contribution is 7.11. The molecule has 0 amide bonds. The molecule has 1 aromatic rings. The average Bonchev–Trinajstić information content (AvgIpc) is 2.43. The van der Waals surface area contributed by atoms with E-state index in [1.807, 2.05) is 5.38 Å². The summed E-state index contributed by atoms with van der Waals surface area (Å²) in [6.45, 7) is 0. The molecule has 1 rings (SSSR count). The van der Waals surface area contributed by atoms with E-state index in [9.17, 15) is 4.79 Å². The number of hydrogen-bond acceptors (Lipinski definition) is 4. The van der Waals surface area contributed by atoms with Crippen molar-refractivity contribution in [2.45, 2.75) is 25.7 Å². The maximum atomic E-state index is 10.2. The van der Waals surface area contributed by atoms with Gasteiger partial charge in [-0.2, -0.15) is 0 Å². The Morgan fingerprint density at radius 2 is 1.94 bits per heavy atom. The van der Waals surface area contributed by atoms with Gasteiger partial charge in [-0.15, -0.1) is 36.2 Å². The molecule has 1 heterocycles. The summed E-state index contributed by atoms with van der Waals surface area (Å²) in [7, 11) is 0. The summed E-state index contributed by atoms with van der Waals surface area (Å²) in [5, 5.41) is 10.2. The smallest absolute Gasteiger partial charge is 0.303 e. The molecule has 0 aliphatic heterocycles. The lowest BCUT2D eigenvalue weighted by atomic mass is 10.1. The van der Waals surface area contributed by atoms with Crippen LogP contribution in [0.1, 0.15) is 24.1 Å². The zero-order chi connectivity index (χ0) is 10.6. The van der Waals surface area contributed by atoms with Crippen molar-refractivity contribution >= 4 is 53.5 Å². The van der Waals surface area contributed by atoms with Crippen LogP contribution < -0.4 is 11.5 Å². The Balaban J connectivity index is 0. The Kier molecular flexibility index (Phi) is 9.42. The molecule has 0 unspecified atom stereocenters.